The Labute approximate surface area is 205 Å². The lowest BCUT2D eigenvalue weighted by Gasteiger charge is -2.54. The first kappa shape index (κ1) is 22.7. The number of hydrogen-bond donors (Lipinski definition) is 1. The summed E-state index contributed by atoms with van der Waals surface area (Å²) in [7, 11) is 0. The molecule has 2 aromatic rings. The van der Waals surface area contributed by atoms with Crippen LogP contribution in [-0.4, -0.2) is 12.6 Å². The van der Waals surface area contributed by atoms with Gasteiger partial charge >= 0.3 is 0 Å². The molecule has 1 N–H and O–H groups in total. The van der Waals surface area contributed by atoms with Gasteiger partial charge < -0.3 is 14.8 Å². The summed E-state index contributed by atoms with van der Waals surface area (Å²) in [5.41, 5.74) is 1.92. The van der Waals surface area contributed by atoms with Crippen LogP contribution >= 0.6 is 34.8 Å². The van der Waals surface area contributed by atoms with Gasteiger partial charge in [-0.3, -0.25) is 0 Å². The van der Waals surface area contributed by atoms with E-state index in [-0.39, 0.29) is 0 Å². The molecule has 4 saturated carbocycles. The van der Waals surface area contributed by atoms with E-state index in [2.05, 4.69) is 5.32 Å². The Morgan fingerprint density at radius 2 is 1.47 bits per heavy atom. The van der Waals surface area contributed by atoms with Crippen LogP contribution in [0.1, 0.15) is 50.2 Å². The summed E-state index contributed by atoms with van der Waals surface area (Å²) >= 11 is 19.0. The first-order valence-corrected chi connectivity index (χ1v) is 12.9. The quantitative estimate of drug-likeness (QED) is 0.411. The SMILES string of the molecule is CCOc1cc(CNC2C3CC4CC(C3)CC2C4)c(Cl)cc1OCc1ccc(Cl)cc1Cl. The number of ether oxygens (including phenoxy) is 2. The van der Waals surface area contributed by atoms with Crippen LogP contribution in [0.4, 0.5) is 0 Å². The summed E-state index contributed by atoms with van der Waals surface area (Å²) in [4.78, 5) is 0. The molecule has 6 heteroatoms. The zero-order valence-electron chi connectivity index (χ0n) is 18.4. The molecule has 0 aromatic heterocycles. The monoisotopic (exact) mass is 493 g/mol. The maximum absolute atomic E-state index is 6.68. The van der Waals surface area contributed by atoms with Crippen molar-refractivity contribution in [2.24, 2.45) is 23.7 Å². The van der Waals surface area contributed by atoms with Gasteiger partial charge in [-0.2, -0.15) is 0 Å². The summed E-state index contributed by atoms with van der Waals surface area (Å²) in [5.74, 6) is 4.97. The zero-order valence-corrected chi connectivity index (χ0v) is 20.6. The first-order chi connectivity index (χ1) is 15.5. The Morgan fingerprint density at radius 1 is 0.812 bits per heavy atom. The first-order valence-electron chi connectivity index (χ1n) is 11.8. The lowest BCUT2D eigenvalue weighted by atomic mass is 9.54. The van der Waals surface area contributed by atoms with Crippen LogP contribution in [0.5, 0.6) is 11.5 Å². The van der Waals surface area contributed by atoms with Crippen LogP contribution in [0.25, 0.3) is 0 Å². The number of hydrogen-bond acceptors (Lipinski definition) is 3. The van der Waals surface area contributed by atoms with Crippen molar-refractivity contribution in [2.45, 2.75) is 58.2 Å². The second kappa shape index (κ2) is 9.62. The maximum atomic E-state index is 6.68. The topological polar surface area (TPSA) is 30.5 Å². The highest BCUT2D eigenvalue weighted by molar-refractivity contribution is 6.35. The fraction of sp³-hybridized carbons (Fsp3) is 0.538. The molecular formula is C26H30Cl3NO2. The van der Waals surface area contributed by atoms with Crippen LogP contribution in [0.3, 0.4) is 0 Å². The molecule has 0 saturated heterocycles. The normalized spacial score (nSPS) is 28.2. The Kier molecular flexibility index (Phi) is 6.81. The van der Waals surface area contributed by atoms with Gasteiger partial charge in [0.15, 0.2) is 11.5 Å². The number of nitrogens with one attached hydrogen (secondary N) is 1. The molecule has 4 bridgehead atoms. The average molecular weight is 495 g/mol. The van der Waals surface area contributed by atoms with E-state index in [4.69, 9.17) is 44.3 Å². The van der Waals surface area contributed by atoms with Gasteiger partial charge in [-0.15, -0.1) is 0 Å². The van der Waals surface area contributed by atoms with E-state index in [0.717, 1.165) is 41.3 Å². The fourth-order valence-corrected chi connectivity index (χ4v) is 7.06. The Balaban J connectivity index is 1.28. The van der Waals surface area contributed by atoms with Crippen molar-refractivity contribution >= 4 is 34.8 Å². The van der Waals surface area contributed by atoms with E-state index < -0.39 is 0 Å². The lowest BCUT2D eigenvalue weighted by molar-refractivity contribution is -0.0142. The van der Waals surface area contributed by atoms with E-state index in [1.54, 1.807) is 12.1 Å². The predicted octanol–water partition coefficient (Wildman–Crippen LogP) is 7.54. The van der Waals surface area contributed by atoms with Crippen LogP contribution in [0, 0.1) is 23.7 Å². The van der Waals surface area contributed by atoms with Crippen molar-refractivity contribution in [3.8, 4) is 11.5 Å². The molecule has 4 fully saturated rings. The minimum absolute atomic E-state index is 0.317. The van der Waals surface area contributed by atoms with Crippen molar-refractivity contribution in [3.63, 3.8) is 0 Å². The minimum atomic E-state index is 0.317. The van der Waals surface area contributed by atoms with Crippen LogP contribution < -0.4 is 14.8 Å². The van der Waals surface area contributed by atoms with Gasteiger partial charge in [-0.1, -0.05) is 40.9 Å². The molecule has 32 heavy (non-hydrogen) atoms. The van der Waals surface area contributed by atoms with E-state index in [1.165, 1.54) is 32.1 Å². The molecule has 0 aliphatic heterocycles. The van der Waals surface area contributed by atoms with Crippen molar-refractivity contribution in [1.29, 1.82) is 0 Å². The van der Waals surface area contributed by atoms with Gasteiger partial charge in [-0.25, -0.2) is 0 Å². The van der Waals surface area contributed by atoms with Gasteiger partial charge in [0.05, 0.1) is 6.61 Å². The summed E-state index contributed by atoms with van der Waals surface area (Å²) in [6, 6.07) is 9.91. The fourth-order valence-electron chi connectivity index (χ4n) is 6.37. The predicted molar refractivity (Wildman–Crippen MR) is 131 cm³/mol. The Morgan fingerprint density at radius 3 is 2.12 bits per heavy atom. The largest absolute Gasteiger partial charge is 0.490 e. The molecule has 2 aromatic carbocycles. The van der Waals surface area contributed by atoms with Crippen LogP contribution in [0.2, 0.25) is 15.1 Å². The summed E-state index contributed by atoms with van der Waals surface area (Å²) < 4.78 is 11.9. The standard InChI is InChI=1S/C26H30Cl3NO2/c1-2-31-24-10-20(13-30-26-18-6-15-5-16(8-18)9-19(26)7-15)23(29)12-25(24)32-14-17-3-4-21(27)11-22(17)28/h3-4,10-12,15-16,18-19,26,30H,2,5-9,13-14H2,1H3. The van der Waals surface area contributed by atoms with E-state index in [9.17, 15) is 0 Å². The van der Waals surface area contributed by atoms with Crippen LogP contribution in [0.15, 0.2) is 30.3 Å². The van der Waals surface area contributed by atoms with E-state index in [1.807, 2.05) is 25.1 Å². The number of benzene rings is 2. The zero-order chi connectivity index (χ0) is 22.2. The summed E-state index contributed by atoms with van der Waals surface area (Å²) in [6.07, 6.45) is 7.10. The van der Waals surface area contributed by atoms with Crippen molar-refractivity contribution in [2.75, 3.05) is 6.61 Å². The van der Waals surface area contributed by atoms with Gasteiger partial charge in [0, 0.05) is 39.3 Å². The highest BCUT2D eigenvalue weighted by Gasteiger charge is 2.47. The average Bonchev–Trinajstić information content (AvgIpc) is 2.74. The molecule has 0 heterocycles. The van der Waals surface area contributed by atoms with Gasteiger partial charge in [0.1, 0.15) is 6.61 Å². The molecule has 0 radical (unpaired) electrons. The molecule has 0 atom stereocenters. The third-order valence-electron chi connectivity index (χ3n) is 7.57. The van der Waals surface area contributed by atoms with Crippen molar-refractivity contribution in [1.82, 2.24) is 5.32 Å². The van der Waals surface area contributed by atoms with Gasteiger partial charge in [0.25, 0.3) is 0 Å². The molecule has 172 valence electrons. The third kappa shape index (κ3) is 4.73. The molecule has 0 amide bonds. The second-order valence-electron chi connectivity index (χ2n) is 9.69. The van der Waals surface area contributed by atoms with E-state index >= 15 is 0 Å². The molecular weight excluding hydrogens is 465 g/mol. The lowest BCUT2D eigenvalue weighted by Crippen LogP contribution is -2.54. The van der Waals surface area contributed by atoms with Gasteiger partial charge in [-0.05, 0) is 86.5 Å². The van der Waals surface area contributed by atoms with Crippen molar-refractivity contribution in [3.05, 3.63) is 56.5 Å². The second-order valence-corrected chi connectivity index (χ2v) is 10.9. The smallest absolute Gasteiger partial charge is 0.163 e. The number of rotatable bonds is 8. The third-order valence-corrected chi connectivity index (χ3v) is 8.50. The van der Waals surface area contributed by atoms with Gasteiger partial charge in [0.2, 0.25) is 0 Å². The Bertz CT molecular complexity index is 952. The molecule has 0 unspecified atom stereocenters. The molecule has 4 aliphatic carbocycles. The number of halogens is 3. The molecule has 3 nitrogen and oxygen atoms in total. The summed E-state index contributed by atoms with van der Waals surface area (Å²) in [5, 5.41) is 5.75. The molecule has 0 spiro atoms. The maximum Gasteiger partial charge on any atom is 0.163 e. The van der Waals surface area contributed by atoms with Crippen LogP contribution in [-0.2, 0) is 13.2 Å². The highest BCUT2D eigenvalue weighted by Crippen LogP contribution is 2.53. The highest BCUT2D eigenvalue weighted by atomic mass is 35.5. The summed E-state index contributed by atoms with van der Waals surface area (Å²) in [6.45, 7) is 3.61. The van der Waals surface area contributed by atoms with E-state index in [0.29, 0.717) is 45.8 Å². The van der Waals surface area contributed by atoms with Crippen molar-refractivity contribution < 1.29 is 9.47 Å². The molecule has 6 rings (SSSR count). The minimum Gasteiger partial charge on any atom is -0.490 e. The Hall–Kier alpha value is -1.13. The molecule has 4 aliphatic rings.